The summed E-state index contributed by atoms with van der Waals surface area (Å²) in [7, 11) is 0. The van der Waals surface area contributed by atoms with Gasteiger partial charge in [-0.2, -0.15) is 0 Å². The molecule has 4 saturated carbocycles. The van der Waals surface area contributed by atoms with Crippen LogP contribution in [0.3, 0.4) is 0 Å². The molecule has 4 aliphatic carbocycles. The van der Waals surface area contributed by atoms with Crippen LogP contribution >= 0.6 is 0 Å². The maximum absolute atomic E-state index is 12.7. The molecule has 0 unspecified atom stereocenters. The van der Waals surface area contributed by atoms with Crippen molar-refractivity contribution in [3.63, 3.8) is 0 Å². The molecule has 8 nitrogen and oxygen atoms in total. The maximum Gasteiger partial charge on any atom is 1.00 e. The molecule has 5 fully saturated rings. The Kier molecular flexibility index (Phi) is 6.25. The van der Waals surface area contributed by atoms with E-state index in [4.69, 9.17) is 15.0 Å². The van der Waals surface area contributed by atoms with Crippen LogP contribution in [0.4, 0.5) is 0 Å². The first-order valence-electron chi connectivity index (χ1n) is 14.1. The molecule has 1 aliphatic heterocycles. The SMILES string of the molecule is [2H]C1([2H])C[C@]2(C)[C@H]3CC[C@]4(C)C(=O)CC[C@H]4[C@@H]3CC[C@H]2C([2H])([2H])[C@@H]1O[C@@H]1O[C@H](C(=O)[O-])[C@@H](O)[C@H](O)[C@H]1O.[Na+]. The molecule has 12 atom stereocenters. The molecule has 3 N–H and O–H groups in total. The van der Waals surface area contributed by atoms with Crippen LogP contribution in [-0.2, 0) is 19.1 Å². The predicted molar refractivity (Wildman–Crippen MR) is 113 cm³/mol. The van der Waals surface area contributed by atoms with Gasteiger partial charge in [-0.1, -0.05) is 13.8 Å². The summed E-state index contributed by atoms with van der Waals surface area (Å²) in [4.78, 5) is 24.1. The number of ether oxygens (including phenoxy) is 2. The Labute approximate surface area is 228 Å². The van der Waals surface area contributed by atoms with Gasteiger partial charge in [0.1, 0.15) is 30.2 Å². The Balaban J connectivity index is 0.00000336. The minimum atomic E-state index is -2.22. The molecule has 186 valence electrons. The van der Waals surface area contributed by atoms with Crippen LogP contribution in [0.1, 0.15) is 77.0 Å². The Morgan fingerprint density at radius 1 is 1.09 bits per heavy atom. The average molecular weight is 493 g/mol. The van der Waals surface area contributed by atoms with Crippen LogP contribution < -0.4 is 34.7 Å². The number of aliphatic hydroxyl groups excluding tert-OH is 3. The Morgan fingerprint density at radius 3 is 2.53 bits per heavy atom. The van der Waals surface area contributed by atoms with E-state index < -0.39 is 66.9 Å². The quantitative estimate of drug-likeness (QED) is 0.292. The summed E-state index contributed by atoms with van der Waals surface area (Å²) >= 11 is 0. The van der Waals surface area contributed by atoms with Crippen molar-refractivity contribution in [2.24, 2.45) is 34.5 Å². The number of rotatable bonds is 3. The zero-order chi connectivity index (χ0) is 27.3. The number of aliphatic carboxylic acids is 1. The first kappa shape index (κ1) is 22.0. The summed E-state index contributed by atoms with van der Waals surface area (Å²) in [6.07, 6.45) is -11.9. The molecule has 0 amide bonds. The van der Waals surface area contributed by atoms with Gasteiger partial charge in [0.15, 0.2) is 6.29 Å². The third kappa shape index (κ3) is 4.14. The van der Waals surface area contributed by atoms with E-state index in [1.54, 1.807) is 0 Å². The van der Waals surface area contributed by atoms with Crippen molar-refractivity contribution in [3.8, 4) is 0 Å². The van der Waals surface area contributed by atoms with E-state index in [0.717, 1.165) is 25.7 Å². The van der Waals surface area contributed by atoms with Crippen LogP contribution in [0.25, 0.3) is 0 Å². The molecule has 1 saturated heterocycles. The van der Waals surface area contributed by atoms with Gasteiger partial charge in [-0.3, -0.25) is 4.79 Å². The molecule has 0 aromatic rings. The first-order valence-corrected chi connectivity index (χ1v) is 12.1. The van der Waals surface area contributed by atoms with E-state index in [1.807, 2.05) is 6.92 Å². The minimum absolute atomic E-state index is 0. The van der Waals surface area contributed by atoms with Crippen LogP contribution in [0, 0.1) is 34.5 Å². The molecular weight excluding hydrogens is 451 g/mol. The number of carbonyl (C=O) groups excluding carboxylic acids is 2. The third-order valence-corrected chi connectivity index (χ3v) is 9.67. The van der Waals surface area contributed by atoms with E-state index in [1.165, 1.54) is 0 Å². The van der Waals surface area contributed by atoms with Crippen molar-refractivity contribution in [2.75, 3.05) is 0 Å². The van der Waals surface area contributed by atoms with Gasteiger partial charge in [-0.05, 0) is 80.4 Å². The van der Waals surface area contributed by atoms with Gasteiger partial charge in [0.25, 0.3) is 0 Å². The fourth-order valence-corrected chi connectivity index (χ4v) is 7.69. The number of Topliss-reactive ketones (excluding diaryl/α,β-unsaturated/α-hetero) is 1. The molecule has 5 aliphatic rings. The van der Waals surface area contributed by atoms with Gasteiger partial charge in [-0.15, -0.1) is 0 Å². The van der Waals surface area contributed by atoms with Crippen molar-refractivity contribution < 1.29 is 74.5 Å². The van der Waals surface area contributed by atoms with Crippen LogP contribution in [0.15, 0.2) is 0 Å². The van der Waals surface area contributed by atoms with Gasteiger partial charge in [0.05, 0.1) is 12.1 Å². The summed E-state index contributed by atoms with van der Waals surface area (Å²) in [6, 6.07) is 0. The van der Waals surface area contributed by atoms with Gasteiger partial charge in [0, 0.05) is 17.3 Å². The molecular formula is C25H37NaO8. The second-order valence-corrected chi connectivity index (χ2v) is 11.2. The fraction of sp³-hybridized carbons (Fsp3) is 0.920. The predicted octanol–water partition coefficient (Wildman–Crippen LogP) is -2.46. The summed E-state index contributed by atoms with van der Waals surface area (Å²) < 4.78 is 46.8. The minimum Gasteiger partial charge on any atom is -0.547 e. The largest absolute Gasteiger partial charge is 1.00 e. The van der Waals surface area contributed by atoms with Crippen LogP contribution in [-0.4, -0.2) is 63.9 Å². The summed E-state index contributed by atoms with van der Waals surface area (Å²) in [5, 5.41) is 41.8. The molecule has 5 rings (SSSR count). The van der Waals surface area contributed by atoms with Crippen molar-refractivity contribution >= 4 is 11.8 Å². The number of carboxylic acid groups (broad SMARTS) is 1. The third-order valence-electron chi connectivity index (χ3n) is 9.67. The summed E-state index contributed by atoms with van der Waals surface area (Å²) in [5.41, 5.74) is -1.05. The average Bonchev–Trinajstić information content (AvgIpc) is 3.10. The first-order chi connectivity index (χ1) is 17.1. The van der Waals surface area contributed by atoms with Crippen molar-refractivity contribution in [1.82, 2.24) is 0 Å². The van der Waals surface area contributed by atoms with Gasteiger partial charge >= 0.3 is 29.6 Å². The van der Waals surface area contributed by atoms with Crippen molar-refractivity contribution in [2.45, 2.75) is 108 Å². The topological polar surface area (TPSA) is 136 Å². The van der Waals surface area contributed by atoms with Gasteiger partial charge < -0.3 is 34.7 Å². The second-order valence-electron chi connectivity index (χ2n) is 11.2. The van der Waals surface area contributed by atoms with Crippen LogP contribution in [0.5, 0.6) is 0 Å². The smallest absolute Gasteiger partial charge is 0.547 e. The molecule has 0 bridgehead atoms. The number of hydrogen-bond donors (Lipinski definition) is 3. The van der Waals surface area contributed by atoms with E-state index in [2.05, 4.69) is 6.92 Å². The van der Waals surface area contributed by atoms with Crippen molar-refractivity contribution in [3.05, 3.63) is 0 Å². The standard InChI is InChI=1S/C25H38O8.Na/c1-24-9-7-13(32-23-20(29)18(27)19(28)21(33-23)22(30)31)11-12(24)3-4-14-15-5-6-17(26)25(15,2)10-8-16(14)24;/h12-16,18-21,23,27-29H,3-11H2,1-2H3,(H,30,31);/q;+1/p-1/t12-,13+,14-,15-,16-,18-,19-,20+,21-,23+,24-,25-;/m0./s1/i7D2,11D2;. The number of ketones is 1. The normalized spacial score (nSPS) is 57.4. The molecule has 1 heterocycles. The van der Waals surface area contributed by atoms with E-state index in [9.17, 15) is 30.0 Å². The Bertz CT molecular complexity index is 970. The number of hydrogen-bond acceptors (Lipinski definition) is 8. The number of carboxylic acids is 1. The molecule has 0 radical (unpaired) electrons. The van der Waals surface area contributed by atoms with E-state index in [-0.39, 0.29) is 59.1 Å². The Hall–Kier alpha value is -0.0600. The Morgan fingerprint density at radius 2 is 1.82 bits per heavy atom. The summed E-state index contributed by atoms with van der Waals surface area (Å²) in [5.74, 6) is -1.62. The molecule has 9 heteroatoms. The fourth-order valence-electron chi connectivity index (χ4n) is 7.69. The monoisotopic (exact) mass is 492 g/mol. The van der Waals surface area contributed by atoms with E-state index >= 15 is 0 Å². The number of fused-ring (bicyclic) bond motifs is 5. The zero-order valence-corrected chi connectivity index (χ0v) is 22.1. The molecule has 0 aromatic carbocycles. The van der Waals surface area contributed by atoms with E-state index in [0.29, 0.717) is 18.6 Å². The summed E-state index contributed by atoms with van der Waals surface area (Å²) in [6.45, 7) is 4.01. The van der Waals surface area contributed by atoms with Gasteiger partial charge in [-0.25, -0.2) is 0 Å². The number of carbonyl (C=O) groups is 2. The maximum atomic E-state index is 12.7. The molecule has 0 aromatic heterocycles. The second kappa shape index (κ2) is 9.67. The molecule has 34 heavy (non-hydrogen) atoms. The van der Waals surface area contributed by atoms with Crippen molar-refractivity contribution in [1.29, 1.82) is 0 Å². The van der Waals surface area contributed by atoms with Gasteiger partial charge in [0.2, 0.25) is 0 Å². The molecule has 0 spiro atoms. The van der Waals surface area contributed by atoms with Crippen LogP contribution in [0.2, 0.25) is 0 Å². The number of aliphatic hydroxyl groups is 3. The zero-order valence-electron chi connectivity index (χ0n) is 24.1.